The summed E-state index contributed by atoms with van der Waals surface area (Å²) in [4.78, 5) is 16.5. The van der Waals surface area contributed by atoms with Crippen molar-refractivity contribution in [3.8, 4) is 11.5 Å². The largest absolute Gasteiger partial charge is 0.497 e. The molecule has 0 saturated carbocycles. The molecule has 5 aromatic rings. The first-order valence-corrected chi connectivity index (χ1v) is 13.1. The van der Waals surface area contributed by atoms with Gasteiger partial charge in [0, 0.05) is 23.6 Å². The third-order valence-electron chi connectivity index (χ3n) is 6.70. The number of carbonyl (C=O) groups is 1. The number of methoxy groups -OCH3 is 1. The summed E-state index contributed by atoms with van der Waals surface area (Å²) in [5.74, 6) is -0.327. The maximum Gasteiger partial charge on any atom is 0.163 e. The molecule has 0 bridgehead atoms. The van der Waals surface area contributed by atoms with Crippen molar-refractivity contribution >= 4 is 5.78 Å². The number of aliphatic hydroxyl groups is 1. The molecule has 0 saturated heterocycles. The molecule has 2 heterocycles. The smallest absolute Gasteiger partial charge is 0.163 e. The van der Waals surface area contributed by atoms with Gasteiger partial charge in [-0.15, -0.1) is 5.10 Å². The Morgan fingerprint density at radius 3 is 2.40 bits per heavy atom. The predicted octanol–water partition coefficient (Wildman–Crippen LogP) is 4.14. The van der Waals surface area contributed by atoms with E-state index in [1.54, 1.807) is 37.6 Å². The van der Waals surface area contributed by atoms with Crippen LogP contribution in [0.4, 0.5) is 8.78 Å². The van der Waals surface area contributed by atoms with Gasteiger partial charge in [0.1, 0.15) is 53.7 Å². The molecule has 10 nitrogen and oxygen atoms in total. The summed E-state index contributed by atoms with van der Waals surface area (Å²) in [5.41, 5.74) is 0.134. The van der Waals surface area contributed by atoms with E-state index >= 15 is 0 Å². The zero-order chi connectivity index (χ0) is 29.5. The maximum absolute atomic E-state index is 14.7. The topological polar surface area (TPSA) is 117 Å². The Bertz CT molecular complexity index is 1620. The Labute approximate surface area is 240 Å². The lowest BCUT2D eigenvalue weighted by Crippen LogP contribution is -2.37. The first-order chi connectivity index (χ1) is 20.3. The van der Waals surface area contributed by atoms with Crippen LogP contribution in [0.2, 0.25) is 0 Å². The van der Waals surface area contributed by atoms with Crippen LogP contribution in [-0.4, -0.2) is 47.8 Å². The molecule has 42 heavy (non-hydrogen) atoms. The second kappa shape index (κ2) is 12.7. The van der Waals surface area contributed by atoms with E-state index in [1.807, 2.05) is 24.3 Å². The number of halogens is 2. The molecular weight excluding hydrogens is 546 g/mol. The number of aromatic nitrogens is 6. The molecule has 2 aromatic heterocycles. The molecule has 0 aliphatic carbocycles. The van der Waals surface area contributed by atoms with Crippen LogP contribution in [0.15, 0.2) is 85.6 Å². The number of aryl methyl sites for hydroxylation is 1. The van der Waals surface area contributed by atoms with E-state index in [4.69, 9.17) is 9.47 Å². The summed E-state index contributed by atoms with van der Waals surface area (Å²) in [6.07, 6.45) is 5.23. The van der Waals surface area contributed by atoms with Crippen LogP contribution in [0.1, 0.15) is 33.6 Å². The lowest BCUT2D eigenvalue weighted by atomic mass is 9.93. The van der Waals surface area contributed by atoms with Gasteiger partial charge < -0.3 is 14.6 Å². The van der Waals surface area contributed by atoms with E-state index in [-0.39, 0.29) is 31.0 Å². The number of Topliss-reactive ketones (excluding diaryl/α,β-unsaturated/α-hetero) is 1. The Kier molecular flexibility index (Phi) is 8.63. The van der Waals surface area contributed by atoms with Gasteiger partial charge in [-0.05, 0) is 54.4 Å². The van der Waals surface area contributed by atoms with Crippen LogP contribution in [0.25, 0.3) is 0 Å². The van der Waals surface area contributed by atoms with E-state index in [0.29, 0.717) is 35.9 Å². The minimum atomic E-state index is -1.84. The Hall–Kier alpha value is -4.97. The number of ether oxygens (including phenoxy) is 2. The molecule has 0 radical (unpaired) electrons. The fourth-order valence-electron chi connectivity index (χ4n) is 4.51. The fraction of sp³-hybridized carbons (Fsp3) is 0.233. The monoisotopic (exact) mass is 574 g/mol. The minimum Gasteiger partial charge on any atom is -0.497 e. The highest BCUT2D eigenvalue weighted by Crippen LogP contribution is 2.28. The fourth-order valence-corrected chi connectivity index (χ4v) is 4.51. The van der Waals surface area contributed by atoms with Crippen molar-refractivity contribution in [3.05, 3.63) is 120 Å². The van der Waals surface area contributed by atoms with Crippen molar-refractivity contribution in [2.45, 2.75) is 38.1 Å². The molecule has 0 spiro atoms. The molecule has 1 atom stereocenters. The van der Waals surface area contributed by atoms with Gasteiger partial charge in [-0.2, -0.15) is 5.10 Å². The lowest BCUT2D eigenvalue weighted by molar-refractivity contribution is -0.00892. The van der Waals surface area contributed by atoms with E-state index < -0.39 is 17.2 Å². The number of ketones is 1. The second-order valence-corrected chi connectivity index (χ2v) is 9.74. The number of hydrogen-bond donors (Lipinski definition) is 1. The molecule has 0 fully saturated rings. The van der Waals surface area contributed by atoms with Gasteiger partial charge in [0.25, 0.3) is 0 Å². The second-order valence-electron chi connectivity index (χ2n) is 9.74. The summed E-state index contributed by atoms with van der Waals surface area (Å²) in [6.45, 7) is -0.292. The Balaban J connectivity index is 1.18. The van der Waals surface area contributed by atoms with Crippen LogP contribution >= 0.6 is 0 Å². The van der Waals surface area contributed by atoms with Gasteiger partial charge >= 0.3 is 0 Å². The van der Waals surface area contributed by atoms with Gasteiger partial charge in [-0.1, -0.05) is 23.4 Å². The van der Waals surface area contributed by atoms with Crippen LogP contribution in [0.3, 0.4) is 0 Å². The molecule has 1 unspecified atom stereocenters. The summed E-state index contributed by atoms with van der Waals surface area (Å²) >= 11 is 0. The summed E-state index contributed by atoms with van der Waals surface area (Å²) in [7, 11) is 1.61. The summed E-state index contributed by atoms with van der Waals surface area (Å²) < 4.78 is 41.9. The third-order valence-corrected chi connectivity index (χ3v) is 6.70. The average Bonchev–Trinajstić information content (AvgIpc) is 3.67. The number of rotatable bonds is 13. The third kappa shape index (κ3) is 7.02. The highest BCUT2D eigenvalue weighted by atomic mass is 19.1. The van der Waals surface area contributed by atoms with E-state index in [0.717, 1.165) is 17.4 Å². The van der Waals surface area contributed by atoms with Crippen molar-refractivity contribution in [3.63, 3.8) is 0 Å². The number of carbonyl (C=O) groups excluding carboxylic acids is 1. The first-order valence-electron chi connectivity index (χ1n) is 13.1. The van der Waals surface area contributed by atoms with Crippen LogP contribution < -0.4 is 9.47 Å². The Morgan fingerprint density at radius 2 is 1.71 bits per heavy atom. The standard InChI is InChI=1S/C30H28F2N6O4/c1-41-25-8-2-21(3-9-25)4-13-29(39)22-5-10-26(11-6-22)42-16-24-15-37(36-35-24)17-30(40,18-38-20-33-19-34-38)27-12-7-23(31)14-28(27)32/h2-3,5-12,14-15,19-20,40H,4,13,16-18H2,1H3. The highest BCUT2D eigenvalue weighted by Gasteiger charge is 2.34. The Morgan fingerprint density at radius 1 is 0.976 bits per heavy atom. The zero-order valence-electron chi connectivity index (χ0n) is 22.7. The number of benzene rings is 3. The summed E-state index contributed by atoms with van der Waals surface area (Å²) in [5, 5.41) is 23.6. The van der Waals surface area contributed by atoms with Crippen molar-refractivity contribution in [1.82, 2.24) is 29.8 Å². The average molecular weight is 575 g/mol. The highest BCUT2D eigenvalue weighted by molar-refractivity contribution is 5.96. The minimum absolute atomic E-state index is 0.0243. The van der Waals surface area contributed by atoms with Gasteiger partial charge in [-0.25, -0.2) is 23.1 Å². The van der Waals surface area contributed by atoms with Crippen LogP contribution in [0, 0.1) is 11.6 Å². The van der Waals surface area contributed by atoms with Crippen molar-refractivity contribution in [2.75, 3.05) is 7.11 Å². The van der Waals surface area contributed by atoms with Gasteiger partial charge in [-0.3, -0.25) is 4.79 Å². The molecule has 0 amide bonds. The van der Waals surface area contributed by atoms with Gasteiger partial charge in [0.05, 0.1) is 26.4 Å². The summed E-state index contributed by atoms with van der Waals surface area (Å²) in [6, 6.07) is 17.4. The normalized spacial score (nSPS) is 12.6. The first kappa shape index (κ1) is 28.6. The molecular formula is C30H28F2N6O4. The number of hydrogen-bond acceptors (Lipinski definition) is 8. The molecule has 3 aromatic carbocycles. The van der Waals surface area contributed by atoms with E-state index in [1.165, 1.54) is 28.1 Å². The number of nitrogens with zero attached hydrogens (tertiary/aromatic N) is 6. The SMILES string of the molecule is COc1ccc(CCC(=O)c2ccc(OCc3cn(CC(O)(Cn4cncn4)c4ccc(F)cc4F)nn3)cc2)cc1. The maximum atomic E-state index is 14.7. The molecule has 5 rings (SSSR count). The lowest BCUT2D eigenvalue weighted by Gasteiger charge is -2.28. The molecule has 0 aliphatic rings. The van der Waals surface area contributed by atoms with Crippen molar-refractivity contribution < 1.29 is 28.2 Å². The molecule has 12 heteroatoms. The van der Waals surface area contributed by atoms with Gasteiger partial charge in [0.2, 0.25) is 0 Å². The van der Waals surface area contributed by atoms with E-state index in [2.05, 4.69) is 20.4 Å². The van der Waals surface area contributed by atoms with Gasteiger partial charge in [0.15, 0.2) is 5.78 Å². The molecule has 216 valence electrons. The van der Waals surface area contributed by atoms with Crippen molar-refractivity contribution in [2.24, 2.45) is 0 Å². The molecule has 1 N–H and O–H groups in total. The zero-order valence-corrected chi connectivity index (χ0v) is 22.7. The molecule has 0 aliphatic heterocycles. The van der Waals surface area contributed by atoms with Crippen LogP contribution in [-0.2, 0) is 31.7 Å². The van der Waals surface area contributed by atoms with Crippen LogP contribution in [0.5, 0.6) is 11.5 Å². The quantitative estimate of drug-likeness (QED) is 0.209. The van der Waals surface area contributed by atoms with Crippen molar-refractivity contribution in [1.29, 1.82) is 0 Å². The predicted molar refractivity (Wildman–Crippen MR) is 147 cm³/mol. The van der Waals surface area contributed by atoms with E-state index in [9.17, 15) is 18.7 Å².